The zero-order valence-corrected chi connectivity index (χ0v) is 8.60. The van der Waals surface area contributed by atoms with Crippen LogP contribution < -0.4 is 11.1 Å². The molecule has 0 saturated heterocycles. The van der Waals surface area contributed by atoms with Crippen molar-refractivity contribution in [2.24, 2.45) is 11.7 Å². The van der Waals surface area contributed by atoms with Crippen molar-refractivity contribution in [3.63, 3.8) is 0 Å². The van der Waals surface area contributed by atoms with Crippen LogP contribution in [0.2, 0.25) is 0 Å². The Morgan fingerprint density at radius 2 is 2.23 bits per heavy atom. The molecule has 1 aliphatic carbocycles. The average molecular weight is 184 g/mol. The van der Waals surface area contributed by atoms with Crippen LogP contribution in [-0.2, 0) is 4.79 Å². The fourth-order valence-corrected chi connectivity index (χ4v) is 1.34. The van der Waals surface area contributed by atoms with Gasteiger partial charge in [0.1, 0.15) is 0 Å². The van der Waals surface area contributed by atoms with E-state index in [9.17, 15) is 4.79 Å². The highest BCUT2D eigenvalue weighted by molar-refractivity contribution is 5.78. The van der Waals surface area contributed by atoms with E-state index in [1.165, 1.54) is 0 Å². The third-order valence-electron chi connectivity index (χ3n) is 2.68. The number of nitrogens with one attached hydrogen (secondary N) is 1. The fourth-order valence-electron chi connectivity index (χ4n) is 1.34. The maximum Gasteiger partial charge on any atom is 0.222 e. The maximum absolute atomic E-state index is 11.4. The van der Waals surface area contributed by atoms with Crippen LogP contribution in [0.25, 0.3) is 0 Å². The molecule has 3 N–H and O–H groups in total. The van der Waals surface area contributed by atoms with Crippen LogP contribution in [0.5, 0.6) is 0 Å². The second-order valence-corrected chi connectivity index (χ2v) is 4.27. The number of carbonyl (C=O) groups is 1. The fraction of sp³-hybridized carbons (Fsp3) is 0.900. The van der Waals surface area contributed by atoms with Gasteiger partial charge in [0.05, 0.1) is 0 Å². The second kappa shape index (κ2) is 4.09. The number of rotatable bonds is 5. The Bertz CT molecular complexity index is 187. The Balaban J connectivity index is 2.16. The van der Waals surface area contributed by atoms with Crippen molar-refractivity contribution < 1.29 is 4.79 Å². The summed E-state index contributed by atoms with van der Waals surface area (Å²) in [6, 6.07) is 0. The van der Waals surface area contributed by atoms with Crippen molar-refractivity contribution in [2.75, 3.05) is 6.54 Å². The van der Waals surface area contributed by atoms with Gasteiger partial charge in [-0.05, 0) is 19.3 Å². The van der Waals surface area contributed by atoms with Crippen molar-refractivity contribution >= 4 is 5.91 Å². The van der Waals surface area contributed by atoms with E-state index < -0.39 is 0 Å². The van der Waals surface area contributed by atoms with Crippen LogP contribution in [0.15, 0.2) is 0 Å². The summed E-state index contributed by atoms with van der Waals surface area (Å²) in [4.78, 5) is 11.4. The van der Waals surface area contributed by atoms with Gasteiger partial charge < -0.3 is 11.1 Å². The molecule has 1 rings (SSSR count). The van der Waals surface area contributed by atoms with Crippen LogP contribution in [0.4, 0.5) is 0 Å². The molecule has 0 aromatic carbocycles. The standard InChI is InChI=1S/C10H20N2O/c1-3-4-8(2)9(13)12-7-10(11)5-6-10/h8H,3-7,11H2,1-2H3,(H,12,13). The lowest BCUT2D eigenvalue weighted by Gasteiger charge is -2.14. The molecule has 0 bridgehead atoms. The summed E-state index contributed by atoms with van der Waals surface area (Å²) in [7, 11) is 0. The van der Waals surface area contributed by atoms with Gasteiger partial charge in [0, 0.05) is 18.0 Å². The number of hydrogen-bond acceptors (Lipinski definition) is 2. The molecule has 1 unspecified atom stereocenters. The Morgan fingerprint density at radius 1 is 1.62 bits per heavy atom. The highest BCUT2D eigenvalue weighted by atomic mass is 16.1. The summed E-state index contributed by atoms with van der Waals surface area (Å²) in [5.41, 5.74) is 5.79. The maximum atomic E-state index is 11.4. The van der Waals surface area contributed by atoms with Crippen LogP contribution in [0.1, 0.15) is 39.5 Å². The molecule has 3 heteroatoms. The topological polar surface area (TPSA) is 55.1 Å². The molecule has 76 valence electrons. The first-order valence-electron chi connectivity index (χ1n) is 5.14. The highest BCUT2D eigenvalue weighted by Crippen LogP contribution is 2.31. The molecule has 0 radical (unpaired) electrons. The summed E-state index contributed by atoms with van der Waals surface area (Å²) >= 11 is 0. The zero-order chi connectivity index (χ0) is 9.90. The van der Waals surface area contributed by atoms with Gasteiger partial charge in [-0.15, -0.1) is 0 Å². The minimum absolute atomic E-state index is 0.0679. The van der Waals surface area contributed by atoms with Crippen molar-refractivity contribution in [3.8, 4) is 0 Å². The summed E-state index contributed by atoms with van der Waals surface area (Å²) < 4.78 is 0. The average Bonchev–Trinajstić information content (AvgIpc) is 2.81. The van der Waals surface area contributed by atoms with Crippen LogP contribution in [-0.4, -0.2) is 18.0 Å². The molecule has 1 saturated carbocycles. The Kier molecular flexibility index (Phi) is 3.31. The summed E-state index contributed by atoms with van der Waals surface area (Å²) in [6.07, 6.45) is 4.12. The van der Waals surface area contributed by atoms with E-state index >= 15 is 0 Å². The van der Waals surface area contributed by atoms with Crippen molar-refractivity contribution in [1.82, 2.24) is 5.32 Å². The molecule has 1 amide bonds. The Labute approximate surface area is 80.1 Å². The number of carbonyl (C=O) groups excluding carboxylic acids is 1. The smallest absolute Gasteiger partial charge is 0.222 e. The Morgan fingerprint density at radius 3 is 2.69 bits per heavy atom. The Hall–Kier alpha value is -0.570. The third-order valence-corrected chi connectivity index (χ3v) is 2.68. The van der Waals surface area contributed by atoms with E-state index in [2.05, 4.69) is 12.2 Å². The molecule has 0 heterocycles. The molecular weight excluding hydrogens is 164 g/mol. The molecule has 3 nitrogen and oxygen atoms in total. The van der Waals surface area contributed by atoms with Gasteiger partial charge in [-0.1, -0.05) is 20.3 Å². The normalized spacial score (nSPS) is 20.8. The third kappa shape index (κ3) is 3.35. The zero-order valence-electron chi connectivity index (χ0n) is 8.60. The van der Waals surface area contributed by atoms with E-state index in [0.717, 1.165) is 25.7 Å². The second-order valence-electron chi connectivity index (χ2n) is 4.27. The lowest BCUT2D eigenvalue weighted by Crippen LogP contribution is -2.41. The minimum Gasteiger partial charge on any atom is -0.354 e. The quantitative estimate of drug-likeness (QED) is 0.670. The lowest BCUT2D eigenvalue weighted by molar-refractivity contribution is -0.124. The van der Waals surface area contributed by atoms with Gasteiger partial charge in [0.2, 0.25) is 5.91 Å². The molecule has 0 spiro atoms. The van der Waals surface area contributed by atoms with Crippen LogP contribution >= 0.6 is 0 Å². The first-order chi connectivity index (χ1) is 6.07. The first kappa shape index (κ1) is 10.5. The summed E-state index contributed by atoms with van der Waals surface area (Å²) in [5.74, 6) is 0.283. The van der Waals surface area contributed by atoms with E-state index in [1.807, 2.05) is 6.92 Å². The summed E-state index contributed by atoms with van der Waals surface area (Å²) in [5, 5.41) is 2.91. The van der Waals surface area contributed by atoms with E-state index in [-0.39, 0.29) is 17.4 Å². The molecule has 1 fully saturated rings. The first-order valence-corrected chi connectivity index (χ1v) is 5.14. The number of nitrogens with two attached hydrogens (primary N) is 1. The highest BCUT2D eigenvalue weighted by Gasteiger charge is 2.38. The summed E-state index contributed by atoms with van der Waals surface area (Å²) in [6.45, 7) is 4.71. The van der Waals surface area contributed by atoms with Gasteiger partial charge in [0.25, 0.3) is 0 Å². The minimum atomic E-state index is -0.0679. The van der Waals surface area contributed by atoms with E-state index in [1.54, 1.807) is 0 Å². The van der Waals surface area contributed by atoms with Crippen molar-refractivity contribution in [1.29, 1.82) is 0 Å². The molecule has 1 atom stereocenters. The number of amides is 1. The predicted octanol–water partition coefficient (Wildman–Crippen LogP) is 1.03. The van der Waals surface area contributed by atoms with Gasteiger partial charge in [-0.3, -0.25) is 4.79 Å². The van der Waals surface area contributed by atoms with Gasteiger partial charge in [-0.2, -0.15) is 0 Å². The predicted molar refractivity (Wildman–Crippen MR) is 53.2 cm³/mol. The van der Waals surface area contributed by atoms with Gasteiger partial charge in [0.15, 0.2) is 0 Å². The molecule has 13 heavy (non-hydrogen) atoms. The van der Waals surface area contributed by atoms with E-state index in [0.29, 0.717) is 6.54 Å². The van der Waals surface area contributed by atoms with Crippen LogP contribution in [0.3, 0.4) is 0 Å². The van der Waals surface area contributed by atoms with Crippen molar-refractivity contribution in [2.45, 2.75) is 45.1 Å². The van der Waals surface area contributed by atoms with Gasteiger partial charge in [-0.25, -0.2) is 0 Å². The SMILES string of the molecule is CCCC(C)C(=O)NCC1(N)CC1. The molecule has 0 aromatic rings. The molecular formula is C10H20N2O. The monoisotopic (exact) mass is 184 g/mol. The number of hydrogen-bond donors (Lipinski definition) is 2. The molecule has 1 aliphatic rings. The largest absolute Gasteiger partial charge is 0.354 e. The van der Waals surface area contributed by atoms with E-state index in [4.69, 9.17) is 5.73 Å². The van der Waals surface area contributed by atoms with Crippen LogP contribution in [0, 0.1) is 5.92 Å². The molecule has 0 aliphatic heterocycles. The lowest BCUT2D eigenvalue weighted by atomic mass is 10.1. The van der Waals surface area contributed by atoms with Gasteiger partial charge >= 0.3 is 0 Å². The van der Waals surface area contributed by atoms with Crippen molar-refractivity contribution in [3.05, 3.63) is 0 Å². The molecule has 0 aromatic heterocycles.